The topological polar surface area (TPSA) is 120 Å². The largest absolute Gasteiger partial charge is 0.496 e. The molecule has 0 aliphatic carbocycles. The van der Waals surface area contributed by atoms with Crippen LogP contribution in [0.3, 0.4) is 0 Å². The fraction of sp³-hybridized carbons (Fsp3) is 0.190. The van der Waals surface area contributed by atoms with Crippen molar-refractivity contribution < 1.29 is 23.9 Å². The number of rotatable bonds is 9. The summed E-state index contributed by atoms with van der Waals surface area (Å²) in [6.07, 6.45) is 0. The maximum atomic E-state index is 12.5. The Balaban J connectivity index is 1.51. The highest BCUT2D eigenvalue weighted by molar-refractivity contribution is 8.01. The number of nitrogens with zero attached hydrogens (tertiary/aromatic N) is 2. The van der Waals surface area contributed by atoms with Crippen molar-refractivity contribution in [2.75, 3.05) is 30.1 Å². The standard InChI is InChI=1S/C21H19ClN4O5S2/c1-3-31-19(29)12-4-7-14(8-5-12)23-17(27)11-32-21-26-25-20(33-21)24-18(28)15-10-13(22)6-9-16(15)30-2/h4-10H,3,11H2,1-2H3,(H,23,27)(H,24,25,28). The number of benzene rings is 2. The van der Waals surface area contributed by atoms with Gasteiger partial charge in [-0.2, -0.15) is 0 Å². The third kappa shape index (κ3) is 6.91. The lowest BCUT2D eigenvalue weighted by Gasteiger charge is -2.07. The SMILES string of the molecule is CCOC(=O)c1ccc(NC(=O)CSc2nnc(NC(=O)c3cc(Cl)ccc3OC)s2)cc1. The number of carbonyl (C=O) groups excluding carboxylic acids is 3. The summed E-state index contributed by atoms with van der Waals surface area (Å²) in [6, 6.07) is 11.1. The van der Waals surface area contributed by atoms with E-state index in [1.165, 1.54) is 24.9 Å². The maximum Gasteiger partial charge on any atom is 0.338 e. The van der Waals surface area contributed by atoms with E-state index in [1.54, 1.807) is 43.3 Å². The fourth-order valence-electron chi connectivity index (χ4n) is 2.57. The van der Waals surface area contributed by atoms with Crippen molar-refractivity contribution in [3.8, 4) is 5.75 Å². The Morgan fingerprint density at radius 1 is 1.09 bits per heavy atom. The van der Waals surface area contributed by atoms with Crippen LogP contribution in [0.4, 0.5) is 10.8 Å². The van der Waals surface area contributed by atoms with Crippen LogP contribution in [0.25, 0.3) is 0 Å². The Bertz CT molecular complexity index is 1150. The molecule has 9 nitrogen and oxygen atoms in total. The van der Waals surface area contributed by atoms with Crippen molar-refractivity contribution in [1.29, 1.82) is 0 Å². The van der Waals surface area contributed by atoms with Gasteiger partial charge in [0.25, 0.3) is 5.91 Å². The lowest BCUT2D eigenvalue weighted by Crippen LogP contribution is -2.14. The van der Waals surface area contributed by atoms with Crippen molar-refractivity contribution in [2.24, 2.45) is 0 Å². The van der Waals surface area contributed by atoms with E-state index in [1.807, 2.05) is 0 Å². The molecule has 1 aromatic heterocycles. The van der Waals surface area contributed by atoms with Crippen LogP contribution in [0.5, 0.6) is 5.75 Å². The van der Waals surface area contributed by atoms with Crippen LogP contribution < -0.4 is 15.4 Å². The van der Waals surface area contributed by atoms with Crippen molar-refractivity contribution in [3.63, 3.8) is 0 Å². The molecule has 0 unspecified atom stereocenters. The Morgan fingerprint density at radius 2 is 1.85 bits per heavy atom. The van der Waals surface area contributed by atoms with E-state index >= 15 is 0 Å². The van der Waals surface area contributed by atoms with Crippen LogP contribution in [0.1, 0.15) is 27.6 Å². The molecule has 0 atom stereocenters. The van der Waals surface area contributed by atoms with Gasteiger partial charge in [-0.3, -0.25) is 14.9 Å². The first-order chi connectivity index (χ1) is 15.9. The van der Waals surface area contributed by atoms with E-state index < -0.39 is 11.9 Å². The third-order valence-corrected chi connectivity index (χ3v) is 6.25. The minimum absolute atomic E-state index is 0.0876. The van der Waals surface area contributed by atoms with Gasteiger partial charge >= 0.3 is 5.97 Å². The Morgan fingerprint density at radius 3 is 2.55 bits per heavy atom. The summed E-state index contributed by atoms with van der Waals surface area (Å²) in [7, 11) is 1.46. The first-order valence-corrected chi connectivity index (χ1v) is 11.8. The molecule has 1 heterocycles. The van der Waals surface area contributed by atoms with E-state index in [2.05, 4.69) is 20.8 Å². The zero-order valence-electron chi connectivity index (χ0n) is 17.6. The number of anilines is 2. The second kappa shape index (κ2) is 11.6. The number of ether oxygens (including phenoxy) is 2. The highest BCUT2D eigenvalue weighted by Gasteiger charge is 2.16. The third-order valence-electron chi connectivity index (χ3n) is 4.04. The van der Waals surface area contributed by atoms with E-state index in [9.17, 15) is 14.4 Å². The summed E-state index contributed by atoms with van der Waals surface area (Å²) in [4.78, 5) is 36.4. The van der Waals surface area contributed by atoms with Gasteiger partial charge in [0.05, 0.1) is 30.6 Å². The highest BCUT2D eigenvalue weighted by atomic mass is 35.5. The van der Waals surface area contributed by atoms with Crippen molar-refractivity contribution in [3.05, 3.63) is 58.6 Å². The minimum atomic E-state index is -0.439. The quantitative estimate of drug-likeness (QED) is 0.249. The number of methoxy groups -OCH3 is 1. The number of esters is 1. The van der Waals surface area contributed by atoms with Gasteiger partial charge in [0.2, 0.25) is 11.0 Å². The summed E-state index contributed by atoms with van der Waals surface area (Å²) in [6.45, 7) is 2.02. The molecule has 0 aliphatic rings. The molecule has 0 saturated carbocycles. The predicted octanol–water partition coefficient (Wildman–Crippen LogP) is 4.36. The van der Waals surface area contributed by atoms with E-state index in [0.29, 0.717) is 33.0 Å². The Hall–Kier alpha value is -3.15. The van der Waals surface area contributed by atoms with E-state index in [4.69, 9.17) is 21.1 Å². The Kier molecular flexibility index (Phi) is 8.64. The number of aromatic nitrogens is 2. The zero-order valence-corrected chi connectivity index (χ0v) is 20.0. The predicted molar refractivity (Wildman–Crippen MR) is 128 cm³/mol. The summed E-state index contributed by atoms with van der Waals surface area (Å²) in [5.74, 6) is -0.647. The zero-order chi connectivity index (χ0) is 23.8. The molecule has 33 heavy (non-hydrogen) atoms. The summed E-state index contributed by atoms with van der Waals surface area (Å²) >= 11 is 8.28. The molecule has 172 valence electrons. The molecule has 12 heteroatoms. The smallest absolute Gasteiger partial charge is 0.338 e. The molecule has 0 spiro atoms. The van der Waals surface area contributed by atoms with Gasteiger partial charge in [-0.25, -0.2) is 4.79 Å². The lowest BCUT2D eigenvalue weighted by atomic mass is 10.2. The maximum absolute atomic E-state index is 12.5. The molecular weight excluding hydrogens is 488 g/mol. The summed E-state index contributed by atoms with van der Waals surface area (Å²) in [5, 5.41) is 14.0. The molecule has 2 amide bonds. The fourth-order valence-corrected chi connectivity index (χ4v) is 4.29. The molecule has 0 fully saturated rings. The second-order valence-electron chi connectivity index (χ2n) is 6.31. The van der Waals surface area contributed by atoms with Crippen molar-refractivity contribution in [1.82, 2.24) is 10.2 Å². The molecule has 0 bridgehead atoms. The van der Waals surface area contributed by atoms with E-state index in [-0.39, 0.29) is 22.4 Å². The first kappa shape index (κ1) is 24.5. The average molecular weight is 507 g/mol. The van der Waals surface area contributed by atoms with E-state index in [0.717, 1.165) is 11.3 Å². The van der Waals surface area contributed by atoms with Gasteiger partial charge in [0.15, 0.2) is 4.34 Å². The molecular formula is C21H19ClN4O5S2. The van der Waals surface area contributed by atoms with Crippen LogP contribution in [0.15, 0.2) is 46.8 Å². The first-order valence-electron chi connectivity index (χ1n) is 9.57. The van der Waals surface area contributed by atoms with Gasteiger partial charge in [-0.05, 0) is 49.4 Å². The summed E-state index contributed by atoms with van der Waals surface area (Å²) in [5.41, 5.74) is 1.22. The molecule has 2 N–H and O–H groups in total. The van der Waals surface area contributed by atoms with Gasteiger partial charge in [0.1, 0.15) is 5.75 Å². The van der Waals surface area contributed by atoms with Crippen LogP contribution in [0, 0.1) is 0 Å². The minimum Gasteiger partial charge on any atom is -0.496 e. The number of hydrogen-bond acceptors (Lipinski definition) is 9. The van der Waals surface area contributed by atoms with Gasteiger partial charge in [-0.15, -0.1) is 10.2 Å². The summed E-state index contributed by atoms with van der Waals surface area (Å²) < 4.78 is 10.6. The van der Waals surface area contributed by atoms with Gasteiger partial charge < -0.3 is 14.8 Å². The van der Waals surface area contributed by atoms with Crippen molar-refractivity contribution in [2.45, 2.75) is 11.3 Å². The van der Waals surface area contributed by atoms with Crippen LogP contribution in [-0.4, -0.2) is 47.5 Å². The van der Waals surface area contributed by atoms with Crippen molar-refractivity contribution >= 4 is 63.3 Å². The van der Waals surface area contributed by atoms with Crippen LogP contribution in [-0.2, 0) is 9.53 Å². The molecule has 3 aromatic rings. The Labute approximate surface area is 202 Å². The average Bonchev–Trinajstić information content (AvgIpc) is 3.25. The number of amides is 2. The lowest BCUT2D eigenvalue weighted by molar-refractivity contribution is -0.113. The number of carbonyl (C=O) groups is 3. The molecule has 2 aromatic carbocycles. The molecule has 0 saturated heterocycles. The number of nitrogens with one attached hydrogen (secondary N) is 2. The van der Waals surface area contributed by atoms with Crippen LogP contribution in [0.2, 0.25) is 5.02 Å². The number of thioether (sulfide) groups is 1. The normalized spacial score (nSPS) is 10.4. The molecule has 3 rings (SSSR count). The monoisotopic (exact) mass is 506 g/mol. The number of hydrogen-bond donors (Lipinski definition) is 2. The highest BCUT2D eigenvalue weighted by Crippen LogP contribution is 2.28. The van der Waals surface area contributed by atoms with Gasteiger partial charge in [-0.1, -0.05) is 34.7 Å². The van der Waals surface area contributed by atoms with Crippen LogP contribution >= 0.6 is 34.7 Å². The molecule has 0 aliphatic heterocycles. The number of halogens is 1. The second-order valence-corrected chi connectivity index (χ2v) is 8.94. The van der Waals surface area contributed by atoms with Gasteiger partial charge in [0, 0.05) is 10.7 Å². The molecule has 0 radical (unpaired) electrons.